The number of anilines is 2. The predicted molar refractivity (Wildman–Crippen MR) is 158 cm³/mol. The number of hydrogen-bond donors (Lipinski definition) is 1. The number of fused-ring (bicyclic) bond motifs is 2. The molecule has 0 radical (unpaired) electrons. The first-order chi connectivity index (χ1) is 19.7. The largest absolute Gasteiger partial charge is 0.462 e. The molecule has 0 saturated carbocycles. The molecule has 13 heteroatoms. The van der Waals surface area contributed by atoms with Gasteiger partial charge in [-0.2, -0.15) is 9.97 Å². The topological polar surface area (TPSA) is 101 Å². The summed E-state index contributed by atoms with van der Waals surface area (Å²) in [4.78, 5) is 31.2. The number of nitrogens with two attached hydrogens (primary N) is 1. The van der Waals surface area contributed by atoms with Crippen molar-refractivity contribution in [2.24, 2.45) is 0 Å². The van der Waals surface area contributed by atoms with E-state index in [2.05, 4.69) is 26.4 Å². The predicted octanol–water partition coefficient (Wildman–Crippen LogP) is 4.73. The quantitative estimate of drug-likeness (QED) is 0.305. The molecule has 4 heterocycles. The fourth-order valence-electron chi connectivity index (χ4n) is 5.48. The Hall–Kier alpha value is -3.61. The molecule has 0 bridgehead atoms. The number of hydrogen-bond acceptors (Lipinski definition) is 9. The molecule has 2 aliphatic heterocycles. The van der Waals surface area contributed by atoms with E-state index in [0.29, 0.717) is 36.5 Å². The molecular weight excluding hydrogens is 572 g/mol. The summed E-state index contributed by atoms with van der Waals surface area (Å²) in [5.74, 6) is -0.934. The standard InChI is InChI=1S/C28H28ClF2N7O2S/c1-4-20(39)38-11-15(12-38)37(3)26-17-10-18(29)21(16-7-8-19(30)25-24(16)33-27(32)41-25)22(31)23(17)34-28(35-26)40-13-14-6-5-9-36(14)2/h4,7-8,10,14-15H,1,5-6,9,11-13H2,2-3H3,(H2,32,33). The SMILES string of the molecule is C=CC(=O)N1CC(N(C)c2nc(OCC3CCCN3C)nc3c(F)c(-c4ccc(F)c5sc(N)nc45)c(Cl)cc23)C1. The van der Waals surface area contributed by atoms with Gasteiger partial charge in [-0.3, -0.25) is 4.79 Å². The highest BCUT2D eigenvalue weighted by molar-refractivity contribution is 7.22. The maximum absolute atomic E-state index is 16.5. The molecule has 0 aliphatic carbocycles. The molecule has 214 valence electrons. The number of nitrogen functional groups attached to an aromatic ring is 1. The second-order valence-corrected chi connectivity index (χ2v) is 11.8. The number of benzene rings is 2. The highest BCUT2D eigenvalue weighted by atomic mass is 35.5. The summed E-state index contributed by atoms with van der Waals surface area (Å²) in [5.41, 5.74) is 6.44. The number of halogens is 3. The molecule has 41 heavy (non-hydrogen) atoms. The van der Waals surface area contributed by atoms with Crippen LogP contribution in [0.2, 0.25) is 5.02 Å². The van der Waals surface area contributed by atoms with E-state index in [0.717, 1.165) is 30.7 Å². The lowest BCUT2D eigenvalue weighted by atomic mass is 10.0. The number of nitrogens with zero attached hydrogens (tertiary/aromatic N) is 6. The minimum Gasteiger partial charge on any atom is -0.462 e. The molecule has 1 unspecified atom stereocenters. The van der Waals surface area contributed by atoms with Crippen LogP contribution < -0.4 is 15.4 Å². The lowest BCUT2D eigenvalue weighted by Crippen LogP contribution is -2.60. The van der Waals surface area contributed by atoms with Crippen molar-refractivity contribution in [3.63, 3.8) is 0 Å². The van der Waals surface area contributed by atoms with Gasteiger partial charge in [-0.1, -0.05) is 29.5 Å². The third-order valence-electron chi connectivity index (χ3n) is 7.93. The zero-order valence-electron chi connectivity index (χ0n) is 22.5. The summed E-state index contributed by atoms with van der Waals surface area (Å²) in [7, 11) is 3.87. The van der Waals surface area contributed by atoms with Crippen LogP contribution in [0.15, 0.2) is 30.9 Å². The Balaban J connectivity index is 1.46. The molecule has 6 rings (SSSR count). The van der Waals surface area contributed by atoms with Gasteiger partial charge in [-0.15, -0.1) is 0 Å². The van der Waals surface area contributed by atoms with Crippen LogP contribution in [0.4, 0.5) is 19.7 Å². The minimum absolute atomic E-state index is 0.00931. The van der Waals surface area contributed by atoms with Gasteiger partial charge in [0.25, 0.3) is 0 Å². The van der Waals surface area contributed by atoms with Gasteiger partial charge in [0, 0.05) is 42.7 Å². The number of amides is 1. The fourth-order valence-corrected chi connectivity index (χ4v) is 6.53. The average molecular weight is 600 g/mol. The lowest BCUT2D eigenvalue weighted by molar-refractivity contribution is -0.130. The van der Waals surface area contributed by atoms with E-state index in [9.17, 15) is 9.18 Å². The Bertz CT molecular complexity index is 1690. The zero-order chi connectivity index (χ0) is 29.0. The normalized spacial score (nSPS) is 17.8. The van der Waals surface area contributed by atoms with Crippen LogP contribution in [0.1, 0.15) is 12.8 Å². The van der Waals surface area contributed by atoms with Crippen LogP contribution >= 0.6 is 22.9 Å². The molecular formula is C28H28ClF2N7O2S. The second-order valence-electron chi connectivity index (χ2n) is 10.4. The van der Waals surface area contributed by atoms with Crippen molar-refractivity contribution in [2.75, 3.05) is 51.0 Å². The number of likely N-dealkylation sites (tertiary alicyclic amines) is 2. The van der Waals surface area contributed by atoms with Crippen LogP contribution in [0, 0.1) is 11.6 Å². The Morgan fingerprint density at radius 3 is 2.78 bits per heavy atom. The summed E-state index contributed by atoms with van der Waals surface area (Å²) < 4.78 is 37.3. The highest BCUT2D eigenvalue weighted by Crippen LogP contribution is 2.43. The molecule has 2 aromatic carbocycles. The molecule has 2 saturated heterocycles. The number of thiazole rings is 1. The third-order valence-corrected chi connectivity index (χ3v) is 9.12. The van der Waals surface area contributed by atoms with Gasteiger partial charge in [-0.25, -0.2) is 13.8 Å². The molecule has 2 N–H and O–H groups in total. The third kappa shape index (κ3) is 4.83. The molecule has 0 spiro atoms. The summed E-state index contributed by atoms with van der Waals surface area (Å²) >= 11 is 7.70. The first kappa shape index (κ1) is 27.6. The van der Waals surface area contributed by atoms with Crippen molar-refractivity contribution < 1.29 is 18.3 Å². The Kier molecular flexibility index (Phi) is 7.16. The van der Waals surface area contributed by atoms with Gasteiger partial charge in [-0.05, 0) is 50.7 Å². The molecule has 4 aromatic rings. The number of carbonyl (C=O) groups is 1. The smallest absolute Gasteiger partial charge is 0.319 e. The van der Waals surface area contributed by atoms with Crippen LogP contribution in [0.3, 0.4) is 0 Å². The average Bonchev–Trinajstić information content (AvgIpc) is 3.52. The number of carbonyl (C=O) groups excluding carboxylic acids is 1. The van der Waals surface area contributed by atoms with Crippen LogP contribution in [0.25, 0.3) is 32.2 Å². The lowest BCUT2D eigenvalue weighted by Gasteiger charge is -2.44. The van der Waals surface area contributed by atoms with E-state index in [1.807, 2.05) is 19.0 Å². The second kappa shape index (κ2) is 10.7. The first-order valence-electron chi connectivity index (χ1n) is 13.2. The Morgan fingerprint density at radius 2 is 2.07 bits per heavy atom. The maximum Gasteiger partial charge on any atom is 0.319 e. The van der Waals surface area contributed by atoms with E-state index in [1.54, 1.807) is 11.0 Å². The zero-order valence-corrected chi connectivity index (χ0v) is 24.1. The summed E-state index contributed by atoms with van der Waals surface area (Å²) in [6, 6.07) is 4.46. The fraction of sp³-hybridized carbons (Fsp3) is 0.357. The number of likely N-dealkylation sites (N-methyl/N-ethyl adjacent to an activating group) is 2. The van der Waals surface area contributed by atoms with E-state index >= 15 is 4.39 Å². The molecule has 9 nitrogen and oxygen atoms in total. The van der Waals surface area contributed by atoms with Crippen LogP contribution in [0.5, 0.6) is 6.01 Å². The Morgan fingerprint density at radius 1 is 1.29 bits per heavy atom. The van der Waals surface area contributed by atoms with E-state index < -0.39 is 11.6 Å². The number of rotatable bonds is 7. The van der Waals surface area contributed by atoms with Crippen LogP contribution in [-0.4, -0.2) is 83.1 Å². The van der Waals surface area contributed by atoms with Gasteiger partial charge < -0.3 is 25.2 Å². The molecule has 1 atom stereocenters. The van der Waals surface area contributed by atoms with Crippen molar-refractivity contribution in [2.45, 2.75) is 24.9 Å². The van der Waals surface area contributed by atoms with Crippen molar-refractivity contribution in [3.8, 4) is 17.1 Å². The summed E-state index contributed by atoms with van der Waals surface area (Å²) in [6.45, 7) is 5.80. The number of ether oxygens (including phenoxy) is 1. The highest BCUT2D eigenvalue weighted by Gasteiger charge is 2.34. The van der Waals surface area contributed by atoms with Gasteiger partial charge in [0.15, 0.2) is 10.9 Å². The Labute approximate surface area is 244 Å². The minimum atomic E-state index is -0.705. The first-order valence-corrected chi connectivity index (χ1v) is 14.4. The maximum atomic E-state index is 16.5. The van der Waals surface area contributed by atoms with Gasteiger partial charge in [0.2, 0.25) is 5.91 Å². The van der Waals surface area contributed by atoms with Crippen LogP contribution in [-0.2, 0) is 4.79 Å². The van der Waals surface area contributed by atoms with E-state index in [1.165, 1.54) is 18.2 Å². The van der Waals surface area contributed by atoms with Crippen molar-refractivity contribution in [1.29, 1.82) is 0 Å². The van der Waals surface area contributed by atoms with Gasteiger partial charge in [0.05, 0.1) is 21.3 Å². The van der Waals surface area contributed by atoms with Crippen molar-refractivity contribution >= 4 is 60.9 Å². The van der Waals surface area contributed by atoms with Crippen molar-refractivity contribution in [3.05, 3.63) is 47.5 Å². The molecule has 2 fully saturated rings. The van der Waals surface area contributed by atoms with Gasteiger partial charge >= 0.3 is 6.01 Å². The number of aromatic nitrogens is 3. The monoisotopic (exact) mass is 599 g/mol. The molecule has 1 amide bonds. The molecule has 2 aromatic heterocycles. The summed E-state index contributed by atoms with van der Waals surface area (Å²) in [6.07, 6.45) is 3.33. The molecule has 2 aliphatic rings. The van der Waals surface area contributed by atoms with Crippen molar-refractivity contribution in [1.82, 2.24) is 24.8 Å². The van der Waals surface area contributed by atoms with E-state index in [4.69, 9.17) is 22.1 Å². The summed E-state index contributed by atoms with van der Waals surface area (Å²) in [5, 5.41) is 0.631. The van der Waals surface area contributed by atoms with Gasteiger partial charge in [0.1, 0.15) is 23.8 Å². The van der Waals surface area contributed by atoms with E-state index in [-0.39, 0.29) is 55.5 Å².